The zero-order valence-electron chi connectivity index (χ0n) is 14.5. The maximum Gasteiger partial charge on any atom is 0.224 e. The van der Waals surface area contributed by atoms with Crippen molar-refractivity contribution in [2.24, 2.45) is 0 Å². The molecule has 0 fully saturated rings. The average molecular weight is 336 g/mol. The number of imidazole rings is 1. The molecule has 0 atom stereocenters. The normalized spacial score (nSPS) is 10.9. The molecule has 0 radical (unpaired) electrons. The molecule has 130 valence electrons. The van der Waals surface area contributed by atoms with E-state index >= 15 is 0 Å². The number of nitrogens with zero attached hydrogens (tertiary/aromatic N) is 2. The van der Waals surface area contributed by atoms with Crippen LogP contribution in [-0.4, -0.2) is 15.5 Å². The number of aromatic nitrogens is 2. The first-order valence-electron chi connectivity index (χ1n) is 8.77. The van der Waals surface area contributed by atoms with Crippen molar-refractivity contribution in [3.05, 3.63) is 54.1 Å². The van der Waals surface area contributed by atoms with Crippen LogP contribution < -0.4 is 11.1 Å². The standard InChI is InChI=1S/C20H24N4O/c1-2-3-5-10-19(25)22-16-11-12-18-17(13-16)23-20(21)24(18)14-15-8-6-4-7-9-15/h4,6-9,11-13H,2-3,5,10,14H2,1H3,(H2,21,23)(H,22,25). The molecule has 0 aliphatic carbocycles. The van der Waals surface area contributed by atoms with Crippen molar-refractivity contribution in [2.45, 2.75) is 39.2 Å². The summed E-state index contributed by atoms with van der Waals surface area (Å²) in [5, 5.41) is 2.94. The van der Waals surface area contributed by atoms with Crippen LogP contribution in [-0.2, 0) is 11.3 Å². The Labute approximate surface area is 147 Å². The van der Waals surface area contributed by atoms with E-state index in [0.717, 1.165) is 36.0 Å². The van der Waals surface area contributed by atoms with E-state index in [4.69, 9.17) is 5.73 Å². The van der Waals surface area contributed by atoms with Gasteiger partial charge in [-0.05, 0) is 30.2 Å². The minimum atomic E-state index is 0.0458. The van der Waals surface area contributed by atoms with Crippen molar-refractivity contribution in [3.63, 3.8) is 0 Å². The molecule has 3 rings (SSSR count). The first-order chi connectivity index (χ1) is 12.2. The second-order valence-electron chi connectivity index (χ2n) is 6.25. The lowest BCUT2D eigenvalue weighted by Gasteiger charge is -2.08. The molecule has 5 heteroatoms. The molecule has 0 bridgehead atoms. The van der Waals surface area contributed by atoms with Gasteiger partial charge in [0.25, 0.3) is 0 Å². The third-order valence-electron chi connectivity index (χ3n) is 4.25. The Morgan fingerprint density at radius 2 is 1.96 bits per heavy atom. The summed E-state index contributed by atoms with van der Waals surface area (Å²) < 4.78 is 1.98. The molecule has 0 aliphatic rings. The van der Waals surface area contributed by atoms with Gasteiger partial charge in [-0.2, -0.15) is 0 Å². The van der Waals surface area contributed by atoms with Crippen molar-refractivity contribution in [1.29, 1.82) is 0 Å². The third-order valence-corrected chi connectivity index (χ3v) is 4.25. The zero-order chi connectivity index (χ0) is 17.6. The smallest absolute Gasteiger partial charge is 0.224 e. The predicted octanol–water partition coefficient (Wildman–Crippen LogP) is 4.19. The van der Waals surface area contributed by atoms with E-state index < -0.39 is 0 Å². The maximum atomic E-state index is 12.0. The lowest BCUT2D eigenvalue weighted by atomic mass is 10.2. The number of unbranched alkanes of at least 4 members (excludes halogenated alkanes) is 2. The van der Waals surface area contributed by atoms with E-state index in [9.17, 15) is 4.79 Å². The molecule has 2 aromatic carbocycles. The minimum Gasteiger partial charge on any atom is -0.369 e. The number of hydrogen-bond acceptors (Lipinski definition) is 3. The molecule has 0 saturated heterocycles. The summed E-state index contributed by atoms with van der Waals surface area (Å²) in [7, 11) is 0. The summed E-state index contributed by atoms with van der Waals surface area (Å²) in [6, 6.07) is 15.9. The van der Waals surface area contributed by atoms with Gasteiger partial charge in [0.15, 0.2) is 0 Å². The summed E-state index contributed by atoms with van der Waals surface area (Å²) >= 11 is 0. The number of fused-ring (bicyclic) bond motifs is 1. The number of nitrogens with two attached hydrogens (primary N) is 1. The highest BCUT2D eigenvalue weighted by Gasteiger charge is 2.10. The number of nitrogen functional groups attached to an aromatic ring is 1. The molecule has 3 N–H and O–H groups in total. The van der Waals surface area contributed by atoms with E-state index in [1.54, 1.807) is 0 Å². The van der Waals surface area contributed by atoms with Gasteiger partial charge in [-0.15, -0.1) is 0 Å². The number of nitrogens with one attached hydrogen (secondary N) is 1. The van der Waals surface area contributed by atoms with Gasteiger partial charge < -0.3 is 15.6 Å². The molecule has 1 amide bonds. The van der Waals surface area contributed by atoms with E-state index in [-0.39, 0.29) is 5.91 Å². The quantitative estimate of drug-likeness (QED) is 0.636. The fourth-order valence-corrected chi connectivity index (χ4v) is 2.92. The third kappa shape index (κ3) is 4.18. The lowest BCUT2D eigenvalue weighted by Crippen LogP contribution is -2.10. The van der Waals surface area contributed by atoms with Gasteiger partial charge in [0.2, 0.25) is 11.9 Å². The Morgan fingerprint density at radius 3 is 2.72 bits per heavy atom. The van der Waals surface area contributed by atoms with Crippen molar-refractivity contribution in [3.8, 4) is 0 Å². The van der Waals surface area contributed by atoms with Crippen LogP contribution in [0.25, 0.3) is 11.0 Å². The fraction of sp³-hybridized carbons (Fsp3) is 0.300. The summed E-state index contributed by atoms with van der Waals surface area (Å²) in [5.41, 5.74) is 9.78. The van der Waals surface area contributed by atoms with Gasteiger partial charge in [-0.1, -0.05) is 50.1 Å². The summed E-state index contributed by atoms with van der Waals surface area (Å²) in [5.74, 6) is 0.523. The molecule has 3 aromatic rings. The second kappa shape index (κ2) is 7.83. The van der Waals surface area contributed by atoms with E-state index in [2.05, 4.69) is 29.4 Å². The van der Waals surface area contributed by atoms with Crippen LogP contribution >= 0.6 is 0 Å². The topological polar surface area (TPSA) is 72.9 Å². The van der Waals surface area contributed by atoms with Crippen molar-refractivity contribution >= 4 is 28.6 Å². The molecule has 0 aliphatic heterocycles. The Hall–Kier alpha value is -2.82. The Morgan fingerprint density at radius 1 is 1.16 bits per heavy atom. The molecule has 1 aromatic heterocycles. The molecular weight excluding hydrogens is 312 g/mol. The second-order valence-corrected chi connectivity index (χ2v) is 6.25. The van der Waals surface area contributed by atoms with Crippen LogP contribution in [0.2, 0.25) is 0 Å². The first-order valence-corrected chi connectivity index (χ1v) is 8.77. The predicted molar refractivity (Wildman–Crippen MR) is 102 cm³/mol. The van der Waals surface area contributed by atoms with Crippen LogP contribution in [0.4, 0.5) is 11.6 Å². The van der Waals surface area contributed by atoms with Crippen LogP contribution in [0.15, 0.2) is 48.5 Å². The molecule has 5 nitrogen and oxygen atoms in total. The average Bonchev–Trinajstić information content (AvgIpc) is 2.91. The highest BCUT2D eigenvalue weighted by Crippen LogP contribution is 2.23. The number of rotatable bonds is 7. The summed E-state index contributed by atoms with van der Waals surface area (Å²) in [6.07, 6.45) is 3.66. The highest BCUT2D eigenvalue weighted by molar-refractivity contribution is 5.93. The molecule has 25 heavy (non-hydrogen) atoms. The van der Waals surface area contributed by atoms with E-state index in [0.29, 0.717) is 18.9 Å². The van der Waals surface area contributed by atoms with Gasteiger partial charge in [-0.25, -0.2) is 4.98 Å². The van der Waals surface area contributed by atoms with Gasteiger partial charge in [0.1, 0.15) is 0 Å². The molecule has 1 heterocycles. The van der Waals surface area contributed by atoms with Gasteiger partial charge in [0, 0.05) is 12.1 Å². The van der Waals surface area contributed by atoms with Crippen molar-refractivity contribution < 1.29 is 4.79 Å². The number of carbonyl (C=O) groups excluding carboxylic acids is 1. The number of amides is 1. The zero-order valence-corrected chi connectivity index (χ0v) is 14.5. The Bertz CT molecular complexity index is 855. The minimum absolute atomic E-state index is 0.0458. The Kier molecular flexibility index (Phi) is 5.33. The number of carbonyl (C=O) groups is 1. The monoisotopic (exact) mass is 336 g/mol. The lowest BCUT2D eigenvalue weighted by molar-refractivity contribution is -0.116. The molecular formula is C20H24N4O. The van der Waals surface area contributed by atoms with Crippen LogP contribution in [0.5, 0.6) is 0 Å². The van der Waals surface area contributed by atoms with Crippen molar-refractivity contribution in [2.75, 3.05) is 11.1 Å². The van der Waals surface area contributed by atoms with Crippen LogP contribution in [0, 0.1) is 0 Å². The highest BCUT2D eigenvalue weighted by atomic mass is 16.1. The summed E-state index contributed by atoms with van der Waals surface area (Å²) in [6.45, 7) is 2.80. The first kappa shape index (κ1) is 17.0. The van der Waals surface area contributed by atoms with Crippen LogP contribution in [0.1, 0.15) is 38.2 Å². The molecule has 0 saturated carbocycles. The number of anilines is 2. The SMILES string of the molecule is CCCCCC(=O)Nc1ccc2c(c1)nc(N)n2Cc1ccccc1. The van der Waals surface area contributed by atoms with Gasteiger partial charge >= 0.3 is 0 Å². The summed E-state index contributed by atoms with van der Waals surface area (Å²) in [4.78, 5) is 16.4. The Balaban J connectivity index is 1.77. The van der Waals surface area contributed by atoms with Gasteiger partial charge in [-0.3, -0.25) is 4.79 Å². The van der Waals surface area contributed by atoms with E-state index in [1.807, 2.05) is 41.0 Å². The van der Waals surface area contributed by atoms with E-state index in [1.165, 1.54) is 5.56 Å². The van der Waals surface area contributed by atoms with Crippen molar-refractivity contribution in [1.82, 2.24) is 9.55 Å². The number of benzene rings is 2. The van der Waals surface area contributed by atoms with Gasteiger partial charge in [0.05, 0.1) is 17.6 Å². The largest absolute Gasteiger partial charge is 0.369 e. The number of hydrogen-bond donors (Lipinski definition) is 2. The maximum absolute atomic E-state index is 12.0. The fourth-order valence-electron chi connectivity index (χ4n) is 2.92. The van der Waals surface area contributed by atoms with Crippen LogP contribution in [0.3, 0.4) is 0 Å². The molecule has 0 spiro atoms. The molecule has 0 unspecified atom stereocenters.